The molecule has 6 nitrogen and oxygen atoms in total. The zero-order valence-corrected chi connectivity index (χ0v) is 12.8. The minimum atomic E-state index is -0.0771. The predicted molar refractivity (Wildman–Crippen MR) is 81.9 cm³/mol. The first-order valence-corrected chi connectivity index (χ1v) is 7.45. The fraction of sp³-hybridized carbons (Fsp3) is 0.267. The summed E-state index contributed by atoms with van der Waals surface area (Å²) in [7, 11) is 0. The van der Waals surface area contributed by atoms with Crippen molar-refractivity contribution in [2.45, 2.75) is 20.0 Å². The highest BCUT2D eigenvalue weighted by Gasteiger charge is 2.24. The molecule has 0 spiro atoms. The molecule has 112 valence electrons. The lowest BCUT2D eigenvalue weighted by Crippen LogP contribution is -2.38. The molecule has 0 saturated carbocycles. The molecule has 0 aliphatic carbocycles. The number of rotatable bonds is 1. The summed E-state index contributed by atoms with van der Waals surface area (Å²) in [4.78, 5) is 18.6. The molecular formula is C15H14ClN5O. The van der Waals surface area contributed by atoms with Crippen molar-refractivity contribution in [3.8, 4) is 0 Å². The number of carbonyl (C=O) groups is 1. The molecule has 4 rings (SSSR count). The zero-order chi connectivity index (χ0) is 15.3. The van der Waals surface area contributed by atoms with E-state index in [0.29, 0.717) is 29.5 Å². The smallest absolute Gasteiger partial charge is 0.274 e. The molecule has 1 aliphatic heterocycles. The van der Waals surface area contributed by atoms with Crippen LogP contribution in [0.3, 0.4) is 0 Å². The minimum absolute atomic E-state index is 0.0771. The Bertz CT molecular complexity index is 881. The zero-order valence-electron chi connectivity index (χ0n) is 12.0. The molecule has 0 saturated heterocycles. The van der Waals surface area contributed by atoms with Gasteiger partial charge in [-0.3, -0.25) is 4.79 Å². The number of nitrogens with zero attached hydrogens (tertiary/aromatic N) is 5. The number of carbonyl (C=O) groups excluding carboxylic acids is 1. The average molecular weight is 316 g/mol. The molecule has 0 unspecified atom stereocenters. The lowest BCUT2D eigenvalue weighted by atomic mass is 10.2. The second kappa shape index (κ2) is 4.84. The quantitative estimate of drug-likeness (QED) is 0.691. The van der Waals surface area contributed by atoms with Crippen molar-refractivity contribution in [2.24, 2.45) is 0 Å². The van der Waals surface area contributed by atoms with E-state index in [1.807, 2.05) is 4.90 Å². The van der Waals surface area contributed by atoms with Crippen LogP contribution < -0.4 is 0 Å². The maximum atomic E-state index is 12.7. The summed E-state index contributed by atoms with van der Waals surface area (Å²) in [6, 6.07) is 5.84. The Morgan fingerprint density at radius 1 is 1.32 bits per heavy atom. The number of hydrogen-bond donors (Lipinski definition) is 0. The first-order valence-electron chi connectivity index (χ1n) is 7.07. The molecule has 7 heteroatoms. The number of halogens is 1. The summed E-state index contributed by atoms with van der Waals surface area (Å²) in [6.45, 7) is 4.19. The van der Waals surface area contributed by atoms with Crippen LogP contribution in [0.25, 0.3) is 5.65 Å². The molecule has 3 aromatic heterocycles. The molecule has 0 N–H and O–H groups in total. The van der Waals surface area contributed by atoms with Crippen LogP contribution in [-0.2, 0) is 13.1 Å². The molecule has 1 aliphatic rings. The van der Waals surface area contributed by atoms with Crippen LogP contribution in [-0.4, -0.2) is 36.5 Å². The van der Waals surface area contributed by atoms with E-state index in [1.165, 1.54) is 10.2 Å². The van der Waals surface area contributed by atoms with Gasteiger partial charge in [-0.15, -0.1) is 0 Å². The van der Waals surface area contributed by atoms with Gasteiger partial charge in [-0.2, -0.15) is 5.10 Å². The maximum Gasteiger partial charge on any atom is 0.274 e. The molecule has 0 fully saturated rings. The molecule has 3 aromatic rings. The standard InChI is InChI=1S/C15H14ClN5O/c1-10-2-3-12-9-19(4-5-20(10)12)15(22)13-6-14-17-7-11(16)8-21(14)18-13/h2-3,6-8H,4-5,9H2,1H3. The summed E-state index contributed by atoms with van der Waals surface area (Å²) in [5, 5.41) is 4.77. The first kappa shape index (κ1) is 13.3. The second-order valence-corrected chi connectivity index (χ2v) is 5.89. The van der Waals surface area contributed by atoms with Crippen molar-refractivity contribution in [1.82, 2.24) is 24.1 Å². The molecule has 0 bridgehead atoms. The highest BCUT2D eigenvalue weighted by Crippen LogP contribution is 2.18. The van der Waals surface area contributed by atoms with E-state index < -0.39 is 0 Å². The molecule has 0 atom stereocenters. The minimum Gasteiger partial charge on any atom is -0.345 e. The van der Waals surface area contributed by atoms with Crippen LogP contribution in [0.5, 0.6) is 0 Å². The normalized spacial score (nSPS) is 14.4. The first-order chi connectivity index (χ1) is 10.6. The molecule has 4 heterocycles. The van der Waals surface area contributed by atoms with Gasteiger partial charge in [0.25, 0.3) is 5.91 Å². The highest BCUT2D eigenvalue weighted by molar-refractivity contribution is 6.30. The molecule has 22 heavy (non-hydrogen) atoms. The average Bonchev–Trinajstić information content (AvgIpc) is 3.09. The number of aromatic nitrogens is 4. The van der Waals surface area contributed by atoms with E-state index in [-0.39, 0.29) is 5.91 Å². The summed E-state index contributed by atoms with van der Waals surface area (Å²) in [5.74, 6) is -0.0771. The van der Waals surface area contributed by atoms with Gasteiger partial charge in [0.1, 0.15) is 0 Å². The Kier molecular flexibility index (Phi) is 2.94. The van der Waals surface area contributed by atoms with Gasteiger partial charge in [-0.1, -0.05) is 11.6 Å². The van der Waals surface area contributed by atoms with Gasteiger partial charge in [-0.25, -0.2) is 9.50 Å². The van der Waals surface area contributed by atoms with Crippen molar-refractivity contribution in [1.29, 1.82) is 0 Å². The third kappa shape index (κ3) is 2.07. The van der Waals surface area contributed by atoms with E-state index in [0.717, 1.165) is 12.2 Å². The molecule has 0 aromatic carbocycles. The van der Waals surface area contributed by atoms with E-state index >= 15 is 0 Å². The number of hydrogen-bond acceptors (Lipinski definition) is 3. The summed E-state index contributed by atoms with van der Waals surface area (Å²) < 4.78 is 3.78. The Balaban J connectivity index is 1.63. The molecule has 1 amide bonds. The van der Waals surface area contributed by atoms with Crippen molar-refractivity contribution in [3.05, 3.63) is 52.7 Å². The van der Waals surface area contributed by atoms with Crippen molar-refractivity contribution >= 4 is 23.2 Å². The Hall–Kier alpha value is -2.34. The molecule has 0 radical (unpaired) electrons. The van der Waals surface area contributed by atoms with Crippen LogP contribution in [0, 0.1) is 6.92 Å². The Labute approximate surface area is 131 Å². The number of fused-ring (bicyclic) bond motifs is 2. The summed E-state index contributed by atoms with van der Waals surface area (Å²) >= 11 is 5.89. The van der Waals surface area contributed by atoms with Crippen molar-refractivity contribution in [2.75, 3.05) is 6.54 Å². The third-order valence-electron chi connectivity index (χ3n) is 4.02. The summed E-state index contributed by atoms with van der Waals surface area (Å²) in [5.41, 5.74) is 3.39. The van der Waals surface area contributed by atoms with E-state index in [2.05, 4.69) is 33.7 Å². The van der Waals surface area contributed by atoms with Crippen molar-refractivity contribution < 1.29 is 4.79 Å². The van der Waals surface area contributed by atoms with Crippen molar-refractivity contribution in [3.63, 3.8) is 0 Å². The monoisotopic (exact) mass is 315 g/mol. The Morgan fingerprint density at radius 2 is 2.18 bits per heavy atom. The molecular weight excluding hydrogens is 302 g/mol. The van der Waals surface area contributed by atoms with Gasteiger partial charge in [-0.05, 0) is 19.1 Å². The van der Waals surface area contributed by atoms with E-state index in [9.17, 15) is 4.79 Å². The van der Waals surface area contributed by atoms with Gasteiger partial charge >= 0.3 is 0 Å². The second-order valence-electron chi connectivity index (χ2n) is 5.45. The van der Waals surface area contributed by atoms with E-state index in [1.54, 1.807) is 18.5 Å². The fourth-order valence-corrected chi connectivity index (χ4v) is 3.01. The van der Waals surface area contributed by atoms with Crippen LogP contribution in [0.15, 0.2) is 30.6 Å². The lowest BCUT2D eigenvalue weighted by Gasteiger charge is -2.28. The van der Waals surface area contributed by atoms with Gasteiger partial charge < -0.3 is 9.47 Å². The van der Waals surface area contributed by atoms with Gasteiger partial charge in [0.2, 0.25) is 0 Å². The van der Waals surface area contributed by atoms with Gasteiger partial charge in [0.15, 0.2) is 11.3 Å². The summed E-state index contributed by atoms with van der Waals surface area (Å²) in [6.07, 6.45) is 3.19. The Morgan fingerprint density at radius 3 is 3.05 bits per heavy atom. The van der Waals surface area contributed by atoms with Crippen LogP contribution in [0.2, 0.25) is 5.02 Å². The largest absolute Gasteiger partial charge is 0.345 e. The topological polar surface area (TPSA) is 55.4 Å². The maximum absolute atomic E-state index is 12.7. The third-order valence-corrected chi connectivity index (χ3v) is 4.22. The van der Waals surface area contributed by atoms with Crippen LogP contribution in [0.4, 0.5) is 0 Å². The van der Waals surface area contributed by atoms with Gasteiger partial charge in [0.05, 0.1) is 17.8 Å². The van der Waals surface area contributed by atoms with Crippen LogP contribution in [0.1, 0.15) is 21.9 Å². The lowest BCUT2D eigenvalue weighted by molar-refractivity contribution is 0.0704. The highest BCUT2D eigenvalue weighted by atomic mass is 35.5. The van der Waals surface area contributed by atoms with Crippen LogP contribution >= 0.6 is 11.6 Å². The van der Waals surface area contributed by atoms with E-state index in [4.69, 9.17) is 11.6 Å². The number of aryl methyl sites for hydroxylation is 1. The SMILES string of the molecule is Cc1ccc2n1CCN(C(=O)c1cc3ncc(Cl)cn3n1)C2. The predicted octanol–water partition coefficient (Wildman–Crippen LogP) is 2.15. The fourth-order valence-electron chi connectivity index (χ4n) is 2.87. The van der Waals surface area contributed by atoms with Gasteiger partial charge in [0, 0.05) is 36.7 Å². The number of amides is 1.